The van der Waals surface area contributed by atoms with Crippen LogP contribution in [0.5, 0.6) is 5.75 Å². The molecule has 0 aromatic heterocycles. The second-order valence-electron chi connectivity index (χ2n) is 4.86. The number of benzene rings is 2. The predicted molar refractivity (Wildman–Crippen MR) is 75.7 cm³/mol. The number of hydrogen-bond acceptors (Lipinski definition) is 2. The molecular weight excluding hydrogens is 279 g/mol. The highest BCUT2D eigenvalue weighted by Crippen LogP contribution is 2.33. The minimum atomic E-state index is -0.939. The fourth-order valence-electron chi connectivity index (χ4n) is 2.46. The highest BCUT2D eigenvalue weighted by molar-refractivity contribution is 6.31. The van der Waals surface area contributed by atoms with Gasteiger partial charge >= 0.3 is 0 Å². The number of halogens is 2. The second kappa shape index (κ2) is 5.43. The van der Waals surface area contributed by atoms with Gasteiger partial charge in [-0.15, -0.1) is 0 Å². The van der Waals surface area contributed by atoms with Crippen LogP contribution in [0.25, 0.3) is 0 Å². The van der Waals surface area contributed by atoms with E-state index in [1.54, 1.807) is 18.2 Å². The molecule has 1 aliphatic rings. The molecule has 0 spiro atoms. The van der Waals surface area contributed by atoms with Crippen molar-refractivity contribution in [2.75, 3.05) is 6.61 Å². The van der Waals surface area contributed by atoms with Gasteiger partial charge in [0.15, 0.2) is 0 Å². The van der Waals surface area contributed by atoms with E-state index in [1.165, 1.54) is 6.07 Å². The molecule has 0 saturated carbocycles. The molecule has 0 saturated heterocycles. The summed E-state index contributed by atoms with van der Waals surface area (Å²) >= 11 is 5.92. The molecule has 2 nitrogen and oxygen atoms in total. The Bertz CT molecular complexity index is 642. The molecule has 0 bridgehead atoms. The van der Waals surface area contributed by atoms with E-state index in [9.17, 15) is 9.50 Å². The second-order valence-corrected chi connectivity index (χ2v) is 5.24. The van der Waals surface area contributed by atoms with Crippen LogP contribution < -0.4 is 4.74 Å². The van der Waals surface area contributed by atoms with Gasteiger partial charge in [0.1, 0.15) is 17.7 Å². The van der Waals surface area contributed by atoms with Crippen LogP contribution in [-0.2, 0) is 6.42 Å². The molecule has 3 rings (SSSR count). The van der Waals surface area contributed by atoms with Gasteiger partial charge < -0.3 is 9.84 Å². The monoisotopic (exact) mass is 292 g/mol. The van der Waals surface area contributed by atoms with Crippen LogP contribution in [0, 0.1) is 5.82 Å². The maximum Gasteiger partial charge on any atom is 0.142 e. The Balaban J connectivity index is 1.98. The highest BCUT2D eigenvalue weighted by Gasteiger charge is 2.18. The molecule has 2 aromatic carbocycles. The maximum absolute atomic E-state index is 13.5. The molecule has 1 heterocycles. The lowest BCUT2D eigenvalue weighted by molar-refractivity contribution is 0.219. The van der Waals surface area contributed by atoms with Crippen molar-refractivity contribution < 1.29 is 14.2 Å². The summed E-state index contributed by atoms with van der Waals surface area (Å²) in [7, 11) is 0. The molecule has 2 aromatic rings. The van der Waals surface area contributed by atoms with Crippen LogP contribution in [0.1, 0.15) is 29.2 Å². The van der Waals surface area contributed by atoms with E-state index in [0.717, 1.165) is 30.8 Å². The average molecular weight is 293 g/mol. The SMILES string of the molecule is OC(c1ccc2c(c1)CCCO2)c1cccc(F)c1Cl. The zero-order valence-electron chi connectivity index (χ0n) is 10.8. The van der Waals surface area contributed by atoms with Crippen molar-refractivity contribution in [3.8, 4) is 5.75 Å². The van der Waals surface area contributed by atoms with Crippen molar-refractivity contribution in [3.05, 3.63) is 63.9 Å². The predicted octanol–water partition coefficient (Wildman–Crippen LogP) is 3.89. The number of aliphatic hydroxyl groups is 1. The fraction of sp³-hybridized carbons (Fsp3) is 0.250. The normalized spacial score (nSPS) is 15.3. The molecule has 1 unspecified atom stereocenters. The molecule has 0 fully saturated rings. The summed E-state index contributed by atoms with van der Waals surface area (Å²) in [5.41, 5.74) is 2.14. The third-order valence-corrected chi connectivity index (χ3v) is 3.92. The van der Waals surface area contributed by atoms with Gasteiger partial charge in [-0.1, -0.05) is 29.8 Å². The Morgan fingerprint density at radius 2 is 2.10 bits per heavy atom. The Morgan fingerprint density at radius 1 is 1.25 bits per heavy atom. The highest BCUT2D eigenvalue weighted by atomic mass is 35.5. The van der Waals surface area contributed by atoms with E-state index in [2.05, 4.69) is 0 Å². The summed E-state index contributed by atoms with van der Waals surface area (Å²) < 4.78 is 19.0. The van der Waals surface area contributed by atoms with Crippen molar-refractivity contribution in [3.63, 3.8) is 0 Å². The van der Waals surface area contributed by atoms with E-state index in [1.807, 2.05) is 12.1 Å². The van der Waals surface area contributed by atoms with Gasteiger partial charge in [-0.25, -0.2) is 4.39 Å². The Labute approximate surface area is 121 Å². The Hall–Kier alpha value is -1.58. The largest absolute Gasteiger partial charge is 0.493 e. The number of fused-ring (bicyclic) bond motifs is 1. The van der Waals surface area contributed by atoms with E-state index in [4.69, 9.17) is 16.3 Å². The van der Waals surface area contributed by atoms with Crippen molar-refractivity contribution in [1.29, 1.82) is 0 Å². The summed E-state index contributed by atoms with van der Waals surface area (Å²) in [5, 5.41) is 10.4. The van der Waals surface area contributed by atoms with Gasteiger partial charge in [0.05, 0.1) is 11.6 Å². The first kappa shape index (κ1) is 13.4. The zero-order valence-corrected chi connectivity index (χ0v) is 11.5. The van der Waals surface area contributed by atoms with Gasteiger partial charge in [-0.3, -0.25) is 0 Å². The lowest BCUT2D eigenvalue weighted by Crippen LogP contribution is -2.10. The van der Waals surface area contributed by atoms with Gasteiger partial charge in [-0.2, -0.15) is 0 Å². The molecule has 20 heavy (non-hydrogen) atoms. The molecule has 104 valence electrons. The molecule has 0 aliphatic carbocycles. The van der Waals surface area contributed by atoms with Gasteiger partial charge in [-0.05, 0) is 42.2 Å². The minimum absolute atomic E-state index is 0.0334. The number of aliphatic hydroxyl groups excluding tert-OH is 1. The van der Waals surface area contributed by atoms with E-state index < -0.39 is 11.9 Å². The summed E-state index contributed by atoms with van der Waals surface area (Å²) in [4.78, 5) is 0. The van der Waals surface area contributed by atoms with Crippen LogP contribution in [0.15, 0.2) is 36.4 Å². The van der Waals surface area contributed by atoms with Crippen molar-refractivity contribution in [1.82, 2.24) is 0 Å². The van der Waals surface area contributed by atoms with E-state index in [-0.39, 0.29) is 5.02 Å². The van der Waals surface area contributed by atoms with Crippen LogP contribution in [0.2, 0.25) is 5.02 Å². The lowest BCUT2D eigenvalue weighted by atomic mass is 9.97. The first-order valence-electron chi connectivity index (χ1n) is 6.54. The van der Waals surface area contributed by atoms with Crippen LogP contribution in [-0.4, -0.2) is 11.7 Å². The Kier molecular flexibility index (Phi) is 3.64. The number of hydrogen-bond donors (Lipinski definition) is 1. The molecule has 0 amide bonds. The molecule has 1 N–H and O–H groups in total. The topological polar surface area (TPSA) is 29.5 Å². The standard InChI is InChI=1S/C16H14ClFO2/c17-15-12(4-1-5-13(15)18)16(19)11-6-7-14-10(9-11)3-2-8-20-14/h1,4-7,9,16,19H,2-3,8H2. The average Bonchev–Trinajstić information content (AvgIpc) is 2.49. The zero-order chi connectivity index (χ0) is 14.1. The van der Waals surface area contributed by atoms with Gasteiger partial charge in [0.2, 0.25) is 0 Å². The van der Waals surface area contributed by atoms with Gasteiger partial charge in [0.25, 0.3) is 0 Å². The third-order valence-electron chi connectivity index (χ3n) is 3.52. The first-order valence-corrected chi connectivity index (χ1v) is 6.92. The maximum atomic E-state index is 13.5. The quantitative estimate of drug-likeness (QED) is 0.910. The van der Waals surface area contributed by atoms with Crippen molar-refractivity contribution in [2.24, 2.45) is 0 Å². The van der Waals surface area contributed by atoms with E-state index in [0.29, 0.717) is 11.1 Å². The van der Waals surface area contributed by atoms with Crippen LogP contribution in [0.3, 0.4) is 0 Å². The number of rotatable bonds is 2. The minimum Gasteiger partial charge on any atom is -0.493 e. The summed E-state index contributed by atoms with van der Waals surface area (Å²) in [6.45, 7) is 0.727. The van der Waals surface area contributed by atoms with Crippen LogP contribution >= 0.6 is 11.6 Å². The first-order chi connectivity index (χ1) is 9.66. The van der Waals surface area contributed by atoms with E-state index >= 15 is 0 Å². The molecule has 4 heteroatoms. The van der Waals surface area contributed by atoms with Gasteiger partial charge in [0, 0.05) is 5.56 Å². The van der Waals surface area contributed by atoms with Crippen molar-refractivity contribution >= 4 is 11.6 Å². The van der Waals surface area contributed by atoms with Crippen LogP contribution in [0.4, 0.5) is 4.39 Å². The fourth-order valence-corrected chi connectivity index (χ4v) is 2.69. The van der Waals surface area contributed by atoms with Crippen molar-refractivity contribution in [2.45, 2.75) is 18.9 Å². The lowest BCUT2D eigenvalue weighted by Gasteiger charge is -2.20. The summed E-state index contributed by atoms with van der Waals surface area (Å²) in [6, 6.07) is 9.99. The number of ether oxygens (including phenoxy) is 1. The summed E-state index contributed by atoms with van der Waals surface area (Å²) in [5.74, 6) is 0.335. The number of aryl methyl sites for hydroxylation is 1. The third kappa shape index (κ3) is 2.39. The Morgan fingerprint density at radius 3 is 2.95 bits per heavy atom. The molecule has 0 radical (unpaired) electrons. The molecular formula is C16H14ClFO2. The summed E-state index contributed by atoms with van der Waals surface area (Å²) in [6.07, 6.45) is 0.950. The molecule has 1 atom stereocenters. The molecule has 1 aliphatic heterocycles. The smallest absolute Gasteiger partial charge is 0.142 e.